The van der Waals surface area contributed by atoms with Crippen LogP contribution in [0.5, 0.6) is 5.75 Å². The van der Waals surface area contributed by atoms with E-state index in [0.717, 1.165) is 17.7 Å². The highest BCUT2D eigenvalue weighted by Crippen LogP contribution is 2.28. The second-order valence-electron chi connectivity index (χ2n) is 6.12. The number of carbonyl (C=O) groups is 2. The topological polar surface area (TPSA) is 93.2 Å². The van der Waals surface area contributed by atoms with Gasteiger partial charge in [-0.05, 0) is 37.1 Å². The third kappa shape index (κ3) is 5.64. The molecule has 0 fully saturated rings. The molecule has 0 spiro atoms. The summed E-state index contributed by atoms with van der Waals surface area (Å²) in [4.78, 5) is 24.6. The second-order valence-corrected chi connectivity index (χ2v) is 7.75. The monoisotopic (exact) mass is 410 g/mol. The fraction of sp³-hybridized carbons (Fsp3) is 0.444. The lowest BCUT2D eigenvalue weighted by atomic mass is 9.98. The second kappa shape index (κ2) is 9.66. The van der Waals surface area contributed by atoms with Gasteiger partial charge in [-0.3, -0.25) is 14.9 Å². The van der Waals surface area contributed by atoms with Gasteiger partial charge in [0.15, 0.2) is 0 Å². The van der Waals surface area contributed by atoms with Crippen LogP contribution in [0.3, 0.4) is 0 Å². The fourth-order valence-electron chi connectivity index (χ4n) is 2.28. The highest BCUT2D eigenvalue weighted by Gasteiger charge is 2.28. The number of amides is 2. The summed E-state index contributed by atoms with van der Waals surface area (Å²) in [7, 11) is 1.60. The van der Waals surface area contributed by atoms with Gasteiger partial charge in [-0.25, -0.2) is 0 Å². The molecule has 1 heterocycles. The summed E-state index contributed by atoms with van der Waals surface area (Å²) in [5, 5.41) is 13.9. The minimum absolute atomic E-state index is 0.0571. The van der Waals surface area contributed by atoms with Gasteiger partial charge in [0.1, 0.15) is 22.2 Å². The first kappa shape index (κ1) is 21.1. The Balaban J connectivity index is 2.10. The maximum Gasteiger partial charge on any atom is 0.249 e. The molecule has 9 heteroatoms. The molecule has 0 bridgehead atoms. The van der Waals surface area contributed by atoms with Crippen molar-refractivity contribution in [1.82, 2.24) is 15.5 Å². The molecule has 0 saturated carbocycles. The Hall–Kier alpha value is -2.19. The first-order valence-electron chi connectivity index (χ1n) is 8.59. The van der Waals surface area contributed by atoms with Crippen molar-refractivity contribution < 1.29 is 14.3 Å². The summed E-state index contributed by atoms with van der Waals surface area (Å²) in [6.07, 6.45) is 0.724. The summed E-state index contributed by atoms with van der Waals surface area (Å²) in [5.74, 6) is -0.0310. The van der Waals surface area contributed by atoms with Gasteiger partial charge < -0.3 is 10.1 Å². The fourth-order valence-corrected chi connectivity index (χ4v) is 3.09. The number of nitrogens with one attached hydrogen (secondary N) is 2. The molecule has 2 rings (SSSR count). The van der Waals surface area contributed by atoms with Crippen molar-refractivity contribution in [1.29, 1.82) is 0 Å². The van der Waals surface area contributed by atoms with E-state index in [-0.39, 0.29) is 17.7 Å². The first-order chi connectivity index (χ1) is 12.8. The molecule has 0 radical (unpaired) electrons. The van der Waals surface area contributed by atoms with E-state index >= 15 is 0 Å². The van der Waals surface area contributed by atoms with Crippen molar-refractivity contribution in [3.63, 3.8) is 0 Å². The minimum atomic E-state index is -0.715. The molecule has 2 aromatic rings. The van der Waals surface area contributed by atoms with Crippen LogP contribution in [0.25, 0.3) is 10.6 Å². The average Bonchev–Trinajstić information content (AvgIpc) is 3.13. The number of alkyl halides is 1. The van der Waals surface area contributed by atoms with Gasteiger partial charge in [-0.15, -0.1) is 21.8 Å². The molecule has 3 atom stereocenters. The molecule has 3 unspecified atom stereocenters. The zero-order valence-electron chi connectivity index (χ0n) is 15.7. The zero-order valence-corrected chi connectivity index (χ0v) is 17.2. The van der Waals surface area contributed by atoms with Crippen LogP contribution < -0.4 is 15.4 Å². The number of nitrogens with zero attached hydrogens (tertiary/aromatic N) is 2. The normalized spacial score (nSPS) is 14.1. The number of rotatable bonds is 8. The lowest BCUT2D eigenvalue weighted by Crippen LogP contribution is -2.49. The van der Waals surface area contributed by atoms with Gasteiger partial charge in [-0.1, -0.05) is 31.6 Å². The van der Waals surface area contributed by atoms with Crippen molar-refractivity contribution >= 4 is 39.9 Å². The smallest absolute Gasteiger partial charge is 0.249 e. The molecular formula is C18H23ClN4O3S. The van der Waals surface area contributed by atoms with Crippen LogP contribution in [0.15, 0.2) is 24.3 Å². The maximum absolute atomic E-state index is 12.7. The molecular weight excluding hydrogens is 388 g/mol. The summed E-state index contributed by atoms with van der Waals surface area (Å²) in [6.45, 7) is 5.41. The Bertz CT molecular complexity index is 779. The van der Waals surface area contributed by atoms with E-state index in [1.807, 2.05) is 38.1 Å². The van der Waals surface area contributed by atoms with Crippen LogP contribution >= 0.6 is 22.9 Å². The number of aromatic nitrogens is 2. The van der Waals surface area contributed by atoms with Crippen LogP contribution in [0.4, 0.5) is 5.13 Å². The molecule has 2 N–H and O–H groups in total. The molecule has 0 aliphatic carbocycles. The zero-order chi connectivity index (χ0) is 20.0. The van der Waals surface area contributed by atoms with Gasteiger partial charge in [0.05, 0.1) is 7.11 Å². The van der Waals surface area contributed by atoms with E-state index in [0.29, 0.717) is 10.1 Å². The molecule has 0 saturated heterocycles. The van der Waals surface area contributed by atoms with E-state index in [1.54, 1.807) is 14.0 Å². The molecule has 146 valence electrons. The maximum atomic E-state index is 12.7. The van der Waals surface area contributed by atoms with Crippen LogP contribution in [0.2, 0.25) is 0 Å². The Morgan fingerprint density at radius 2 is 1.85 bits per heavy atom. The van der Waals surface area contributed by atoms with E-state index in [1.165, 1.54) is 11.3 Å². The third-order valence-electron chi connectivity index (χ3n) is 4.15. The van der Waals surface area contributed by atoms with E-state index in [9.17, 15) is 9.59 Å². The van der Waals surface area contributed by atoms with Crippen LogP contribution in [-0.4, -0.2) is 40.5 Å². The van der Waals surface area contributed by atoms with Crippen molar-refractivity contribution in [2.24, 2.45) is 5.92 Å². The molecule has 0 aliphatic rings. The van der Waals surface area contributed by atoms with Gasteiger partial charge in [0.25, 0.3) is 0 Å². The van der Waals surface area contributed by atoms with Crippen molar-refractivity contribution in [3.8, 4) is 16.3 Å². The Morgan fingerprint density at radius 3 is 2.41 bits per heavy atom. The molecule has 2 amide bonds. The third-order valence-corrected chi connectivity index (χ3v) is 5.23. The van der Waals surface area contributed by atoms with E-state index in [2.05, 4.69) is 20.8 Å². The van der Waals surface area contributed by atoms with Gasteiger partial charge in [0, 0.05) is 5.56 Å². The predicted octanol–water partition coefficient (Wildman–Crippen LogP) is 3.31. The number of methoxy groups -OCH3 is 1. The standard InChI is InChI=1S/C18H23ClN4O3S/c1-5-10(2)14(20-15(24)11(3)19)16(25)21-18-23-22-17(27-18)12-6-8-13(26-4)9-7-12/h6-11,14H,5H2,1-4H3,(H,20,24)(H,21,23,25). The summed E-state index contributed by atoms with van der Waals surface area (Å²) in [5.41, 5.74) is 0.872. The summed E-state index contributed by atoms with van der Waals surface area (Å²) >= 11 is 7.06. The molecule has 7 nitrogen and oxygen atoms in total. The Labute approximate surface area is 167 Å². The quantitative estimate of drug-likeness (QED) is 0.651. The van der Waals surface area contributed by atoms with Crippen LogP contribution in [0.1, 0.15) is 27.2 Å². The highest BCUT2D eigenvalue weighted by atomic mass is 35.5. The number of hydrogen-bond acceptors (Lipinski definition) is 6. The largest absolute Gasteiger partial charge is 0.497 e. The van der Waals surface area contributed by atoms with E-state index < -0.39 is 11.4 Å². The number of carbonyl (C=O) groups excluding carboxylic acids is 2. The highest BCUT2D eigenvalue weighted by molar-refractivity contribution is 7.18. The molecule has 1 aromatic carbocycles. The predicted molar refractivity (Wildman–Crippen MR) is 107 cm³/mol. The number of benzene rings is 1. The van der Waals surface area contributed by atoms with Gasteiger partial charge >= 0.3 is 0 Å². The molecule has 1 aromatic heterocycles. The number of halogens is 1. The van der Waals surface area contributed by atoms with Crippen molar-refractivity contribution in [2.45, 2.75) is 38.6 Å². The number of ether oxygens (including phenoxy) is 1. The molecule has 27 heavy (non-hydrogen) atoms. The SMILES string of the molecule is CCC(C)C(NC(=O)C(C)Cl)C(=O)Nc1nnc(-c2ccc(OC)cc2)s1. The summed E-state index contributed by atoms with van der Waals surface area (Å²) < 4.78 is 5.14. The Kier molecular flexibility index (Phi) is 7.55. The van der Waals surface area contributed by atoms with Crippen molar-refractivity contribution in [3.05, 3.63) is 24.3 Å². The lowest BCUT2D eigenvalue weighted by Gasteiger charge is -2.23. The number of hydrogen-bond donors (Lipinski definition) is 2. The van der Waals surface area contributed by atoms with Crippen LogP contribution in [-0.2, 0) is 9.59 Å². The van der Waals surface area contributed by atoms with Crippen LogP contribution in [0, 0.1) is 5.92 Å². The van der Waals surface area contributed by atoms with Crippen molar-refractivity contribution in [2.75, 3.05) is 12.4 Å². The van der Waals surface area contributed by atoms with E-state index in [4.69, 9.17) is 16.3 Å². The average molecular weight is 411 g/mol. The molecule has 0 aliphatic heterocycles. The minimum Gasteiger partial charge on any atom is -0.497 e. The van der Waals surface area contributed by atoms with Gasteiger partial charge in [-0.2, -0.15) is 0 Å². The number of anilines is 1. The first-order valence-corrected chi connectivity index (χ1v) is 9.84. The lowest BCUT2D eigenvalue weighted by molar-refractivity contribution is -0.127. The Morgan fingerprint density at radius 1 is 1.19 bits per heavy atom. The van der Waals surface area contributed by atoms with Gasteiger partial charge in [0.2, 0.25) is 16.9 Å². The summed E-state index contributed by atoms with van der Waals surface area (Å²) in [6, 6.07) is 6.70.